The summed E-state index contributed by atoms with van der Waals surface area (Å²) in [6.45, 7) is 29.5. The molecule has 0 radical (unpaired) electrons. The first kappa shape index (κ1) is 45.0. The minimum atomic E-state index is -0.0530. The lowest BCUT2D eigenvalue weighted by molar-refractivity contribution is -0.124. The van der Waals surface area contributed by atoms with Crippen LogP contribution in [0.5, 0.6) is 0 Å². The molecule has 0 aromatic carbocycles. The molecule has 0 saturated carbocycles. The highest BCUT2D eigenvalue weighted by Crippen LogP contribution is 2.42. The Kier molecular flexibility index (Phi) is 16.2. The van der Waals surface area contributed by atoms with Crippen LogP contribution in [0.1, 0.15) is 82.1 Å². The number of hydrogen-bond acceptors (Lipinski definition) is 6. The number of allylic oxidation sites excluding steroid dienone is 20. The van der Waals surface area contributed by atoms with Crippen molar-refractivity contribution in [3.8, 4) is 0 Å². The second kappa shape index (κ2) is 20.1. The number of likely N-dealkylation sites (N-methyl/N-ethyl adjacent to an activating group) is 2. The van der Waals surface area contributed by atoms with Gasteiger partial charge in [0.2, 0.25) is 0 Å². The van der Waals surface area contributed by atoms with Gasteiger partial charge < -0.3 is 9.80 Å². The number of rotatable bonds is 12. The Labute approximate surface area is 340 Å². The number of piperazine rings is 2. The number of ketones is 2. The molecule has 2 fully saturated rings. The third kappa shape index (κ3) is 12.4. The van der Waals surface area contributed by atoms with Crippen molar-refractivity contribution >= 4 is 11.6 Å². The summed E-state index contributed by atoms with van der Waals surface area (Å²) in [5, 5.41) is 0. The Morgan fingerprint density at radius 2 is 0.804 bits per heavy atom. The van der Waals surface area contributed by atoms with E-state index < -0.39 is 0 Å². The molecule has 2 unspecified atom stereocenters. The van der Waals surface area contributed by atoms with Gasteiger partial charge in [0.1, 0.15) is 0 Å². The summed E-state index contributed by atoms with van der Waals surface area (Å²) in [4.78, 5) is 36.4. The van der Waals surface area contributed by atoms with Crippen LogP contribution in [0, 0.1) is 10.8 Å². The van der Waals surface area contributed by atoms with E-state index in [1.54, 1.807) is 0 Å². The summed E-state index contributed by atoms with van der Waals surface area (Å²) in [6, 6.07) is -0.0127. The molecule has 0 aromatic rings. The van der Waals surface area contributed by atoms with Gasteiger partial charge in [-0.1, -0.05) is 135 Å². The predicted molar refractivity (Wildman–Crippen MR) is 239 cm³/mol. The van der Waals surface area contributed by atoms with Gasteiger partial charge in [0.25, 0.3) is 0 Å². The van der Waals surface area contributed by atoms with Crippen LogP contribution < -0.4 is 0 Å². The van der Waals surface area contributed by atoms with Crippen molar-refractivity contribution < 1.29 is 9.59 Å². The molecule has 0 bridgehead atoms. The minimum Gasteiger partial charge on any atom is -0.304 e. The summed E-state index contributed by atoms with van der Waals surface area (Å²) in [7, 11) is 4.31. The standard InChI is InChI=1S/C50H72N4O2/c1-37(19-15-21-39(3)23-25-43-41(5)47(55)45(35-49(43,7)8)53-31-27-51(11)28-32-53)17-13-14-18-38(2)20-16-22-40(4)24-26-44-42(6)48(56)46(36-50(44,9)10)54-33-29-52(12)30-34-54/h13-26,45-46H,27-36H2,1-12H3. The van der Waals surface area contributed by atoms with Crippen LogP contribution in [0.15, 0.2) is 130 Å². The molecular weight excluding hydrogens is 689 g/mol. The van der Waals surface area contributed by atoms with Gasteiger partial charge in [-0.05, 0) is 102 Å². The average Bonchev–Trinajstić information content (AvgIpc) is 3.13. The van der Waals surface area contributed by atoms with Crippen molar-refractivity contribution in [2.45, 2.75) is 94.2 Å². The average molecular weight is 761 g/mol. The van der Waals surface area contributed by atoms with Gasteiger partial charge in [0.05, 0.1) is 12.1 Å². The molecule has 2 heterocycles. The van der Waals surface area contributed by atoms with E-state index in [1.807, 2.05) is 13.8 Å². The molecule has 56 heavy (non-hydrogen) atoms. The molecule has 304 valence electrons. The zero-order chi connectivity index (χ0) is 41.2. The van der Waals surface area contributed by atoms with E-state index in [4.69, 9.17) is 0 Å². The second-order valence-electron chi connectivity index (χ2n) is 18.1. The highest BCUT2D eigenvalue weighted by atomic mass is 16.1. The Morgan fingerprint density at radius 1 is 0.500 bits per heavy atom. The van der Waals surface area contributed by atoms with Gasteiger partial charge in [0, 0.05) is 52.4 Å². The number of Topliss-reactive ketones (excluding diaryl/α,β-unsaturated/α-hetero) is 2. The van der Waals surface area contributed by atoms with E-state index in [2.05, 4.69) is 174 Å². The van der Waals surface area contributed by atoms with Crippen LogP contribution in [0.2, 0.25) is 0 Å². The van der Waals surface area contributed by atoms with E-state index in [0.717, 1.165) is 110 Å². The van der Waals surface area contributed by atoms with E-state index in [-0.39, 0.29) is 22.9 Å². The molecular formula is C50H72N4O2. The van der Waals surface area contributed by atoms with Gasteiger partial charge in [-0.25, -0.2) is 0 Å². The Bertz CT molecular complexity index is 1650. The molecule has 2 atom stereocenters. The summed E-state index contributed by atoms with van der Waals surface area (Å²) in [5.74, 6) is 0.588. The van der Waals surface area contributed by atoms with E-state index in [0.29, 0.717) is 11.6 Å². The lowest BCUT2D eigenvalue weighted by Gasteiger charge is -2.44. The van der Waals surface area contributed by atoms with E-state index in [1.165, 1.54) is 0 Å². The number of carbonyl (C=O) groups excluding carboxylic acids is 2. The van der Waals surface area contributed by atoms with Gasteiger partial charge in [0.15, 0.2) is 11.6 Å². The normalized spacial score (nSPS) is 26.6. The maximum absolute atomic E-state index is 13.5. The van der Waals surface area contributed by atoms with E-state index in [9.17, 15) is 9.59 Å². The fraction of sp³-hybridized carbons (Fsp3) is 0.520. The molecule has 4 aliphatic rings. The zero-order valence-electron chi connectivity index (χ0n) is 36.9. The molecule has 2 aliphatic carbocycles. The third-order valence-corrected chi connectivity index (χ3v) is 12.3. The van der Waals surface area contributed by atoms with Gasteiger partial charge in [-0.2, -0.15) is 0 Å². The molecule has 6 nitrogen and oxygen atoms in total. The van der Waals surface area contributed by atoms with Crippen LogP contribution in [-0.4, -0.2) is 110 Å². The third-order valence-electron chi connectivity index (χ3n) is 12.3. The largest absolute Gasteiger partial charge is 0.304 e. The predicted octanol–water partition coefficient (Wildman–Crippen LogP) is 9.42. The van der Waals surface area contributed by atoms with Gasteiger partial charge in [-0.3, -0.25) is 19.4 Å². The van der Waals surface area contributed by atoms with Crippen molar-refractivity contribution in [2.75, 3.05) is 66.5 Å². The molecule has 0 aromatic heterocycles. The van der Waals surface area contributed by atoms with Crippen molar-refractivity contribution in [1.29, 1.82) is 0 Å². The Balaban J connectivity index is 1.28. The van der Waals surface area contributed by atoms with Crippen LogP contribution in [0.3, 0.4) is 0 Å². The van der Waals surface area contributed by atoms with Gasteiger partial charge in [-0.15, -0.1) is 0 Å². The molecule has 0 N–H and O–H groups in total. The molecule has 2 aliphatic heterocycles. The van der Waals surface area contributed by atoms with Crippen LogP contribution in [0.25, 0.3) is 0 Å². The van der Waals surface area contributed by atoms with Crippen molar-refractivity contribution in [1.82, 2.24) is 19.6 Å². The van der Waals surface area contributed by atoms with Crippen molar-refractivity contribution in [3.05, 3.63) is 130 Å². The summed E-state index contributed by atoms with van der Waals surface area (Å²) in [5.41, 5.74) is 8.66. The fourth-order valence-corrected chi connectivity index (χ4v) is 8.48. The smallest absolute Gasteiger partial charge is 0.175 e. The molecule has 6 heteroatoms. The highest BCUT2D eigenvalue weighted by molar-refractivity contribution is 6.02. The zero-order valence-corrected chi connectivity index (χ0v) is 36.9. The van der Waals surface area contributed by atoms with E-state index >= 15 is 0 Å². The van der Waals surface area contributed by atoms with Crippen LogP contribution in [-0.2, 0) is 9.59 Å². The number of nitrogens with zero attached hydrogens (tertiary/aromatic N) is 4. The topological polar surface area (TPSA) is 47.1 Å². The maximum Gasteiger partial charge on any atom is 0.175 e. The summed E-state index contributed by atoms with van der Waals surface area (Å²) >= 11 is 0. The second-order valence-corrected chi connectivity index (χ2v) is 18.1. The SMILES string of the molecule is CC(C=CC=C(C)C=CC1=C(C)C(=O)C(N2CCN(C)CC2)CC1(C)C)=CC=CC=C(C)C=CC=C(C)C=CC1=C(C)C(=O)C(N2CCN(C)CC2)CC1(C)C. The van der Waals surface area contributed by atoms with Gasteiger partial charge >= 0.3 is 0 Å². The minimum absolute atomic E-state index is 0.00634. The lowest BCUT2D eigenvalue weighted by atomic mass is 9.69. The number of carbonyl (C=O) groups is 2. The number of hydrogen-bond donors (Lipinski definition) is 0. The first-order valence-corrected chi connectivity index (χ1v) is 20.8. The van der Waals surface area contributed by atoms with Crippen LogP contribution >= 0.6 is 0 Å². The molecule has 2 saturated heterocycles. The maximum atomic E-state index is 13.5. The van der Waals surface area contributed by atoms with Crippen LogP contribution in [0.4, 0.5) is 0 Å². The molecule has 0 amide bonds. The molecule has 4 rings (SSSR count). The quantitative estimate of drug-likeness (QED) is 0.185. The Hall–Kier alpha value is -3.68. The fourth-order valence-electron chi connectivity index (χ4n) is 8.48. The summed E-state index contributed by atoms with van der Waals surface area (Å²) < 4.78 is 0. The highest BCUT2D eigenvalue weighted by Gasteiger charge is 2.42. The van der Waals surface area contributed by atoms with Crippen molar-refractivity contribution in [2.24, 2.45) is 10.8 Å². The Morgan fingerprint density at radius 3 is 1.14 bits per heavy atom. The first-order valence-electron chi connectivity index (χ1n) is 20.8. The molecule has 0 spiro atoms. The monoisotopic (exact) mass is 761 g/mol. The van der Waals surface area contributed by atoms with Crippen molar-refractivity contribution in [3.63, 3.8) is 0 Å². The lowest BCUT2D eigenvalue weighted by Crippen LogP contribution is -2.54. The first-order chi connectivity index (χ1) is 26.4. The summed E-state index contributed by atoms with van der Waals surface area (Å²) in [6.07, 6.45) is 31.4.